The number of rotatable bonds is 6. The highest BCUT2D eigenvalue weighted by atomic mass is 16.6. The molecule has 0 radical (unpaired) electrons. The molecule has 0 spiro atoms. The smallest absolute Gasteiger partial charge is 0.374 e. The first-order valence-electron chi connectivity index (χ1n) is 5.30. The number of carbonyl (C=O) groups is 1. The van der Waals surface area contributed by atoms with Gasteiger partial charge in [0.2, 0.25) is 0 Å². The maximum absolute atomic E-state index is 10.7. The molecule has 1 aromatic rings. The average molecular weight is 252 g/mol. The van der Waals surface area contributed by atoms with Crippen LogP contribution in [0.3, 0.4) is 0 Å². The lowest BCUT2D eigenvalue weighted by Gasteiger charge is -2.17. The van der Waals surface area contributed by atoms with Gasteiger partial charge in [-0.2, -0.15) is 0 Å². The first-order chi connectivity index (χ1) is 8.40. The van der Waals surface area contributed by atoms with Crippen molar-refractivity contribution in [3.8, 4) is 0 Å². The summed E-state index contributed by atoms with van der Waals surface area (Å²) >= 11 is 0. The fourth-order valence-corrected chi connectivity index (χ4v) is 1.59. The Labute approximate surface area is 104 Å². The number of nitrogens with zero attached hydrogens (tertiary/aromatic N) is 1. The van der Waals surface area contributed by atoms with Gasteiger partial charge in [0.05, 0.1) is 11.3 Å². The molecule has 0 bridgehead atoms. The van der Waals surface area contributed by atoms with Crippen molar-refractivity contribution in [2.24, 2.45) is 0 Å². The predicted molar refractivity (Wildman–Crippen MR) is 65.1 cm³/mol. The minimum atomic E-state index is -1.06. The number of nitro benzene ring substituents is 1. The molecule has 0 amide bonds. The fourth-order valence-electron chi connectivity index (χ4n) is 1.59. The Morgan fingerprint density at radius 3 is 2.78 bits per heavy atom. The molecular weight excluding hydrogens is 239 g/mol. The van der Waals surface area contributed by atoms with Crippen molar-refractivity contribution < 1.29 is 19.8 Å². The van der Waals surface area contributed by atoms with E-state index in [0.29, 0.717) is 5.56 Å². The summed E-state index contributed by atoms with van der Waals surface area (Å²) in [5.41, 5.74) is 0.336. The molecule has 0 saturated heterocycles. The first-order valence-corrected chi connectivity index (χ1v) is 5.30. The third-order valence-corrected chi connectivity index (χ3v) is 2.30. The molecule has 18 heavy (non-hydrogen) atoms. The van der Waals surface area contributed by atoms with Crippen LogP contribution in [0.1, 0.15) is 18.0 Å². The second kappa shape index (κ2) is 6.13. The van der Waals surface area contributed by atoms with Crippen LogP contribution in [-0.2, 0) is 4.79 Å². The van der Waals surface area contributed by atoms with E-state index in [0.717, 1.165) is 0 Å². The summed E-state index contributed by atoms with van der Waals surface area (Å²) in [6.07, 6.45) is -0.272. The van der Waals surface area contributed by atoms with Gasteiger partial charge in [0.15, 0.2) is 0 Å². The zero-order chi connectivity index (χ0) is 13.7. The number of aliphatic carboxylic acids is 1. The lowest BCUT2D eigenvalue weighted by molar-refractivity contribution is -0.384. The summed E-state index contributed by atoms with van der Waals surface area (Å²) in [4.78, 5) is 20.8. The monoisotopic (exact) mass is 252 g/mol. The van der Waals surface area contributed by atoms with Crippen molar-refractivity contribution in [3.05, 3.63) is 39.9 Å². The van der Waals surface area contributed by atoms with Gasteiger partial charge in [-0.3, -0.25) is 14.9 Å². The first kappa shape index (κ1) is 14.1. The molecule has 1 atom stereocenters. The van der Waals surface area contributed by atoms with Gasteiger partial charge in [0, 0.05) is 18.2 Å². The molecule has 0 aliphatic heterocycles. The Kier molecular flexibility index (Phi) is 4.81. The highest BCUT2D eigenvalue weighted by Crippen LogP contribution is 2.21. The molecule has 0 aliphatic rings. The van der Waals surface area contributed by atoms with Crippen molar-refractivity contribution >= 4 is 18.7 Å². The highest BCUT2D eigenvalue weighted by molar-refractivity contribution is 6.45. The molecule has 3 N–H and O–H groups in total. The summed E-state index contributed by atoms with van der Waals surface area (Å²) in [6, 6.07) is 5.00. The Morgan fingerprint density at radius 1 is 1.61 bits per heavy atom. The number of carboxylic acids is 1. The summed E-state index contributed by atoms with van der Waals surface area (Å²) in [5, 5.41) is 31.3. The van der Waals surface area contributed by atoms with Gasteiger partial charge in [-0.05, 0) is 12.4 Å². The number of carboxylic acid groups (broad SMARTS) is 1. The maximum Gasteiger partial charge on any atom is 0.374 e. The number of non-ortho nitro benzene ring substituents is 1. The van der Waals surface area contributed by atoms with Crippen LogP contribution in [0.4, 0.5) is 5.69 Å². The lowest BCUT2D eigenvalue weighted by Crippen LogP contribution is -2.35. The van der Waals surface area contributed by atoms with Crippen molar-refractivity contribution in [1.82, 2.24) is 5.23 Å². The van der Waals surface area contributed by atoms with Crippen molar-refractivity contribution in [3.63, 3.8) is 0 Å². The number of hydrogen-bond acceptors (Lipinski definition) is 5. The predicted octanol–water partition coefficient (Wildman–Crippen LogP) is 0.810. The van der Waals surface area contributed by atoms with Gasteiger partial charge < -0.3 is 15.4 Å². The number of nitrogens with one attached hydrogen (secondary N) is 1. The van der Waals surface area contributed by atoms with Crippen LogP contribution in [0, 0.1) is 10.1 Å². The van der Waals surface area contributed by atoms with Crippen LogP contribution in [0.2, 0.25) is 6.82 Å². The molecule has 1 rings (SSSR count). The fraction of sp³-hybridized carbons (Fsp3) is 0.300. The lowest BCUT2D eigenvalue weighted by atomic mass is 9.85. The van der Waals surface area contributed by atoms with Crippen LogP contribution in [-0.4, -0.2) is 28.1 Å². The van der Waals surface area contributed by atoms with Gasteiger partial charge in [-0.1, -0.05) is 12.1 Å². The summed E-state index contributed by atoms with van der Waals surface area (Å²) in [5.74, 6) is -1.06. The van der Waals surface area contributed by atoms with Crippen molar-refractivity contribution in [2.75, 3.05) is 0 Å². The summed E-state index contributed by atoms with van der Waals surface area (Å²) in [7, 11) is -0.909. The van der Waals surface area contributed by atoms with E-state index in [4.69, 9.17) is 5.11 Å². The van der Waals surface area contributed by atoms with Gasteiger partial charge in [-0.15, -0.1) is 0 Å². The second-order valence-corrected chi connectivity index (χ2v) is 3.85. The summed E-state index contributed by atoms with van der Waals surface area (Å²) < 4.78 is 0. The zero-order valence-corrected chi connectivity index (χ0v) is 9.74. The third-order valence-electron chi connectivity index (χ3n) is 2.30. The van der Waals surface area contributed by atoms with Crippen LogP contribution in [0.15, 0.2) is 24.3 Å². The highest BCUT2D eigenvalue weighted by Gasteiger charge is 2.20. The van der Waals surface area contributed by atoms with E-state index >= 15 is 0 Å². The zero-order valence-electron chi connectivity index (χ0n) is 9.74. The number of nitro groups is 1. The molecule has 0 aliphatic carbocycles. The summed E-state index contributed by atoms with van der Waals surface area (Å²) in [6.45, 7) is 1.45. The molecule has 0 saturated carbocycles. The van der Waals surface area contributed by atoms with E-state index < -0.39 is 24.0 Å². The van der Waals surface area contributed by atoms with Crippen LogP contribution < -0.4 is 5.23 Å². The number of hydrogen-bond donors (Lipinski definition) is 3. The second-order valence-electron chi connectivity index (χ2n) is 3.85. The van der Waals surface area contributed by atoms with E-state index in [9.17, 15) is 19.9 Å². The SMILES string of the molecule is CB(O)N[C@@H](CC(=O)O)c1cccc([N+](=O)[O-])c1. The Bertz CT molecular complexity index is 452. The van der Waals surface area contributed by atoms with E-state index in [1.807, 2.05) is 0 Å². The number of benzene rings is 1. The molecule has 96 valence electrons. The van der Waals surface area contributed by atoms with E-state index in [1.54, 1.807) is 6.07 Å². The quantitative estimate of drug-likeness (QED) is 0.392. The molecule has 8 heteroatoms. The van der Waals surface area contributed by atoms with Crippen molar-refractivity contribution in [1.29, 1.82) is 0 Å². The van der Waals surface area contributed by atoms with Gasteiger partial charge in [0.1, 0.15) is 0 Å². The average Bonchev–Trinajstić information content (AvgIpc) is 2.27. The van der Waals surface area contributed by atoms with Crippen molar-refractivity contribution in [2.45, 2.75) is 19.3 Å². The van der Waals surface area contributed by atoms with E-state index in [2.05, 4.69) is 5.23 Å². The maximum atomic E-state index is 10.7. The van der Waals surface area contributed by atoms with Gasteiger partial charge in [0.25, 0.3) is 5.69 Å². The molecule has 0 unspecified atom stereocenters. The van der Waals surface area contributed by atoms with Gasteiger partial charge in [-0.25, -0.2) is 0 Å². The minimum absolute atomic E-state index is 0.115. The minimum Gasteiger partial charge on any atom is -0.481 e. The largest absolute Gasteiger partial charge is 0.481 e. The standard InChI is InChI=1S/C10H13BN2O5/c1-11(16)12-9(6-10(14)15)7-3-2-4-8(5-7)13(17)18/h2-5,9,12,16H,6H2,1H3,(H,14,15)/t9-/m0/s1. The Balaban J connectivity index is 3.00. The van der Waals surface area contributed by atoms with E-state index in [1.165, 1.54) is 25.0 Å². The Morgan fingerprint density at radius 2 is 2.28 bits per heavy atom. The van der Waals surface area contributed by atoms with E-state index in [-0.39, 0.29) is 12.1 Å². The molecule has 0 aromatic heterocycles. The Hall–Kier alpha value is -1.93. The van der Waals surface area contributed by atoms with Crippen LogP contribution in [0.5, 0.6) is 0 Å². The molecule has 0 heterocycles. The molecule has 1 aromatic carbocycles. The molecule has 0 fully saturated rings. The molecular formula is C10H13BN2O5. The van der Waals surface area contributed by atoms with Crippen LogP contribution in [0.25, 0.3) is 0 Å². The molecule has 7 nitrogen and oxygen atoms in total. The third kappa shape index (κ3) is 4.15. The normalized spacial score (nSPS) is 11.9. The topological polar surface area (TPSA) is 113 Å². The van der Waals surface area contributed by atoms with Crippen LogP contribution >= 0.6 is 0 Å². The van der Waals surface area contributed by atoms with Gasteiger partial charge >= 0.3 is 13.0 Å².